The number of likely N-dealkylation sites (N-methyl/N-ethyl adjacent to an activating group) is 1. The number of sulfonamides is 1. The minimum absolute atomic E-state index is 0.0869. The van der Waals surface area contributed by atoms with Gasteiger partial charge in [-0.25, -0.2) is 13.1 Å². The number of para-hydroxylation sites is 2. The van der Waals surface area contributed by atoms with E-state index in [0.29, 0.717) is 35.8 Å². The van der Waals surface area contributed by atoms with Crippen LogP contribution < -0.4 is 14.2 Å². The molecule has 33 heavy (non-hydrogen) atoms. The molecule has 0 aromatic heterocycles. The molecule has 8 heteroatoms. The topological polar surface area (TPSA) is 84.9 Å². The van der Waals surface area contributed by atoms with Gasteiger partial charge < -0.3 is 14.4 Å². The fourth-order valence-corrected chi connectivity index (χ4v) is 4.92. The molecule has 4 rings (SSSR count). The predicted molar refractivity (Wildman–Crippen MR) is 125 cm³/mol. The SMILES string of the molecule is Cc1ccc(C(=O)N(C)CC2COc3ccccc3O2)cc1S(=O)(=O)NCc1ccccc1. The molecule has 0 aliphatic carbocycles. The summed E-state index contributed by atoms with van der Waals surface area (Å²) in [6, 6.07) is 21.4. The lowest BCUT2D eigenvalue weighted by molar-refractivity contribution is 0.0521. The van der Waals surface area contributed by atoms with E-state index in [1.807, 2.05) is 54.6 Å². The molecule has 172 valence electrons. The molecule has 1 N–H and O–H groups in total. The van der Waals surface area contributed by atoms with E-state index in [-0.39, 0.29) is 23.5 Å². The number of benzene rings is 3. The van der Waals surface area contributed by atoms with Crippen molar-refractivity contribution < 1.29 is 22.7 Å². The van der Waals surface area contributed by atoms with E-state index in [2.05, 4.69) is 4.72 Å². The average molecular weight is 467 g/mol. The normalized spacial score (nSPS) is 15.2. The van der Waals surface area contributed by atoms with Gasteiger partial charge >= 0.3 is 0 Å². The lowest BCUT2D eigenvalue weighted by Crippen LogP contribution is -2.41. The largest absolute Gasteiger partial charge is 0.486 e. The van der Waals surface area contributed by atoms with Crippen molar-refractivity contribution in [2.24, 2.45) is 0 Å². The van der Waals surface area contributed by atoms with Crippen molar-refractivity contribution in [3.8, 4) is 11.5 Å². The molecule has 3 aromatic carbocycles. The summed E-state index contributed by atoms with van der Waals surface area (Å²) in [4.78, 5) is 14.6. The van der Waals surface area contributed by atoms with Crippen LogP contribution in [0, 0.1) is 6.92 Å². The van der Waals surface area contributed by atoms with E-state index in [9.17, 15) is 13.2 Å². The van der Waals surface area contributed by atoms with Gasteiger partial charge in [-0.15, -0.1) is 0 Å². The van der Waals surface area contributed by atoms with E-state index in [0.717, 1.165) is 5.56 Å². The Morgan fingerprint density at radius 2 is 1.73 bits per heavy atom. The van der Waals surface area contributed by atoms with Gasteiger partial charge in [0.1, 0.15) is 6.61 Å². The first kappa shape index (κ1) is 22.8. The maximum atomic E-state index is 13.0. The van der Waals surface area contributed by atoms with Crippen LogP contribution in [-0.2, 0) is 16.6 Å². The number of rotatable bonds is 7. The summed E-state index contributed by atoms with van der Waals surface area (Å²) in [5.74, 6) is 1.03. The second kappa shape index (κ2) is 9.64. The van der Waals surface area contributed by atoms with Crippen molar-refractivity contribution in [1.82, 2.24) is 9.62 Å². The van der Waals surface area contributed by atoms with Crippen molar-refractivity contribution in [2.75, 3.05) is 20.2 Å². The molecule has 7 nitrogen and oxygen atoms in total. The highest BCUT2D eigenvalue weighted by atomic mass is 32.2. The Morgan fingerprint density at radius 1 is 1.03 bits per heavy atom. The van der Waals surface area contributed by atoms with E-state index < -0.39 is 10.0 Å². The van der Waals surface area contributed by atoms with Crippen LogP contribution in [0.2, 0.25) is 0 Å². The van der Waals surface area contributed by atoms with E-state index >= 15 is 0 Å². The molecular formula is C25H26N2O5S. The Hall–Kier alpha value is -3.36. The molecule has 3 aromatic rings. The molecular weight excluding hydrogens is 440 g/mol. The van der Waals surface area contributed by atoms with Crippen molar-refractivity contribution >= 4 is 15.9 Å². The van der Waals surface area contributed by atoms with Crippen LogP contribution in [-0.4, -0.2) is 45.5 Å². The predicted octanol–water partition coefficient (Wildman–Crippen LogP) is 3.39. The molecule has 1 aliphatic rings. The molecule has 1 atom stereocenters. The van der Waals surface area contributed by atoms with Crippen LogP contribution in [0.4, 0.5) is 0 Å². The number of nitrogens with one attached hydrogen (secondary N) is 1. The van der Waals surface area contributed by atoms with Crippen LogP contribution >= 0.6 is 0 Å². The van der Waals surface area contributed by atoms with Crippen LogP contribution in [0.3, 0.4) is 0 Å². The molecule has 1 aliphatic heterocycles. The zero-order valence-corrected chi connectivity index (χ0v) is 19.3. The van der Waals surface area contributed by atoms with Crippen molar-refractivity contribution in [2.45, 2.75) is 24.5 Å². The lowest BCUT2D eigenvalue weighted by Gasteiger charge is -2.29. The number of aryl methyl sites for hydroxylation is 1. The molecule has 0 radical (unpaired) electrons. The number of amides is 1. The molecule has 0 fully saturated rings. The summed E-state index contributed by atoms with van der Waals surface area (Å²) < 4.78 is 40.1. The number of carbonyl (C=O) groups is 1. The summed E-state index contributed by atoms with van der Waals surface area (Å²) in [6.07, 6.45) is -0.324. The van der Waals surface area contributed by atoms with Crippen molar-refractivity contribution in [3.63, 3.8) is 0 Å². The number of carbonyl (C=O) groups excluding carboxylic acids is 1. The van der Waals surface area contributed by atoms with Crippen LogP contribution in [0.15, 0.2) is 77.7 Å². The third-order valence-corrected chi connectivity index (χ3v) is 6.97. The van der Waals surface area contributed by atoms with E-state index in [1.54, 1.807) is 26.1 Å². The lowest BCUT2D eigenvalue weighted by atomic mass is 10.1. The van der Waals surface area contributed by atoms with E-state index in [4.69, 9.17) is 9.47 Å². The summed E-state index contributed by atoms with van der Waals surface area (Å²) >= 11 is 0. The standard InChI is InChI=1S/C25H26N2O5S/c1-18-12-13-20(14-24(18)33(29,30)26-15-19-8-4-3-5-9-19)25(28)27(2)16-21-17-31-22-10-6-7-11-23(22)32-21/h3-14,21,26H,15-17H2,1-2H3. The number of fused-ring (bicyclic) bond motifs is 1. The van der Waals surface area contributed by atoms with Crippen LogP contribution in [0.1, 0.15) is 21.5 Å². The Kier molecular flexibility index (Phi) is 6.67. The Labute approximate surface area is 194 Å². The second-order valence-corrected chi connectivity index (χ2v) is 9.71. The third-order valence-electron chi connectivity index (χ3n) is 5.43. The Bertz CT molecular complexity index is 1240. The maximum Gasteiger partial charge on any atom is 0.253 e. The minimum Gasteiger partial charge on any atom is -0.486 e. The molecule has 0 saturated carbocycles. The summed E-state index contributed by atoms with van der Waals surface area (Å²) in [5.41, 5.74) is 1.71. The number of ether oxygens (including phenoxy) is 2. The third kappa shape index (κ3) is 5.35. The van der Waals surface area contributed by atoms with Gasteiger partial charge in [-0.05, 0) is 42.3 Å². The van der Waals surface area contributed by atoms with Crippen molar-refractivity contribution in [3.05, 3.63) is 89.5 Å². The first-order valence-electron chi connectivity index (χ1n) is 10.6. The van der Waals surface area contributed by atoms with Crippen molar-refractivity contribution in [1.29, 1.82) is 0 Å². The van der Waals surface area contributed by atoms with Gasteiger partial charge in [-0.1, -0.05) is 48.5 Å². The highest BCUT2D eigenvalue weighted by Crippen LogP contribution is 2.31. The quantitative estimate of drug-likeness (QED) is 0.577. The molecule has 1 heterocycles. The summed E-state index contributed by atoms with van der Waals surface area (Å²) in [6.45, 7) is 2.50. The van der Waals surface area contributed by atoms with Crippen LogP contribution in [0.5, 0.6) is 11.5 Å². The van der Waals surface area contributed by atoms with Gasteiger partial charge in [-0.2, -0.15) is 0 Å². The molecule has 1 unspecified atom stereocenters. The maximum absolute atomic E-state index is 13.0. The zero-order chi connectivity index (χ0) is 23.4. The highest BCUT2D eigenvalue weighted by molar-refractivity contribution is 7.89. The zero-order valence-electron chi connectivity index (χ0n) is 18.5. The average Bonchev–Trinajstić information content (AvgIpc) is 2.83. The fourth-order valence-electron chi connectivity index (χ4n) is 3.64. The van der Waals surface area contributed by atoms with Gasteiger partial charge in [0.25, 0.3) is 5.91 Å². The Balaban J connectivity index is 1.45. The molecule has 0 bridgehead atoms. The Morgan fingerprint density at radius 3 is 2.48 bits per heavy atom. The van der Waals surface area contributed by atoms with Crippen LogP contribution in [0.25, 0.3) is 0 Å². The van der Waals surface area contributed by atoms with Gasteiger partial charge in [0.15, 0.2) is 17.6 Å². The molecule has 0 saturated heterocycles. The van der Waals surface area contributed by atoms with Gasteiger partial charge in [0.2, 0.25) is 10.0 Å². The first-order chi connectivity index (χ1) is 15.8. The highest BCUT2D eigenvalue weighted by Gasteiger charge is 2.25. The van der Waals surface area contributed by atoms with Gasteiger partial charge in [0.05, 0.1) is 11.4 Å². The number of nitrogens with zero attached hydrogens (tertiary/aromatic N) is 1. The fraction of sp³-hybridized carbons (Fsp3) is 0.240. The van der Waals surface area contributed by atoms with Gasteiger partial charge in [0, 0.05) is 19.2 Å². The van der Waals surface area contributed by atoms with E-state index in [1.165, 1.54) is 11.0 Å². The smallest absolute Gasteiger partial charge is 0.253 e. The number of hydrogen-bond donors (Lipinski definition) is 1. The minimum atomic E-state index is -3.80. The van der Waals surface area contributed by atoms with Gasteiger partial charge in [-0.3, -0.25) is 4.79 Å². The number of hydrogen-bond acceptors (Lipinski definition) is 5. The molecule has 1 amide bonds. The summed E-state index contributed by atoms with van der Waals surface area (Å²) in [5, 5.41) is 0. The summed E-state index contributed by atoms with van der Waals surface area (Å²) in [7, 11) is -2.14. The first-order valence-corrected chi connectivity index (χ1v) is 12.1. The molecule has 0 spiro atoms. The monoisotopic (exact) mass is 466 g/mol. The second-order valence-electron chi connectivity index (χ2n) is 7.97.